The topological polar surface area (TPSA) is 86.1 Å². The van der Waals surface area contributed by atoms with Crippen molar-refractivity contribution in [1.29, 1.82) is 0 Å². The number of nitrogens with zero attached hydrogens (tertiary/aromatic N) is 2. The molecule has 7 nitrogen and oxygen atoms in total. The van der Waals surface area contributed by atoms with Crippen LogP contribution in [-0.2, 0) is 18.8 Å². The van der Waals surface area contributed by atoms with Gasteiger partial charge in [0, 0.05) is 26.5 Å². The van der Waals surface area contributed by atoms with E-state index in [-0.39, 0.29) is 27.8 Å². The summed E-state index contributed by atoms with van der Waals surface area (Å²) in [5, 5.41) is 2.68. The lowest BCUT2D eigenvalue weighted by Gasteiger charge is -2.05. The Labute approximate surface area is 108 Å². The maximum atomic E-state index is 12.0. The molecular weight excluding hydrogens is 250 g/mol. The molecule has 100 valence electrons. The van der Waals surface area contributed by atoms with Gasteiger partial charge in [-0.3, -0.25) is 14.3 Å². The average Bonchev–Trinajstić information content (AvgIpc) is 2.72. The fraction of sp³-hybridized carbons (Fsp3) is 0.250. The van der Waals surface area contributed by atoms with E-state index in [0.717, 1.165) is 0 Å². The molecule has 0 fully saturated rings. The number of aromatic nitrogens is 3. The summed E-state index contributed by atoms with van der Waals surface area (Å²) in [6.07, 6.45) is 2.80. The molecule has 0 radical (unpaired) electrons. The van der Waals surface area contributed by atoms with Crippen molar-refractivity contribution in [1.82, 2.24) is 14.3 Å². The van der Waals surface area contributed by atoms with Gasteiger partial charge in [-0.1, -0.05) is 0 Å². The van der Waals surface area contributed by atoms with Crippen LogP contribution in [0.3, 0.4) is 0 Å². The summed E-state index contributed by atoms with van der Waals surface area (Å²) in [5.74, 6) is -0.566. The molecule has 0 bridgehead atoms. The Morgan fingerprint density at radius 3 is 2.42 bits per heavy atom. The van der Waals surface area contributed by atoms with E-state index in [1.165, 1.54) is 41.9 Å². The summed E-state index contributed by atoms with van der Waals surface area (Å²) in [6, 6.07) is 1.36. The second kappa shape index (κ2) is 4.60. The zero-order chi connectivity index (χ0) is 14.2. The minimum atomic E-state index is -0.566. The molecule has 0 aliphatic heterocycles. The average molecular weight is 263 g/mol. The predicted octanol–water partition coefficient (Wildman–Crippen LogP) is -0.134. The van der Waals surface area contributed by atoms with Gasteiger partial charge in [0.25, 0.3) is 11.1 Å². The number of hydrogen-bond acceptors (Lipinski definition) is 4. The zero-order valence-corrected chi connectivity index (χ0v) is 10.8. The molecule has 1 N–H and O–H groups in total. The predicted molar refractivity (Wildman–Crippen MR) is 68.1 cm³/mol. The van der Waals surface area contributed by atoms with Crippen LogP contribution in [0.4, 0.5) is 0 Å². The molecule has 2 rings (SSSR count). The first-order valence-electron chi connectivity index (χ1n) is 5.49. The van der Waals surface area contributed by atoms with E-state index in [1.807, 2.05) is 0 Å². The van der Waals surface area contributed by atoms with Gasteiger partial charge in [0.1, 0.15) is 0 Å². The van der Waals surface area contributed by atoms with Crippen molar-refractivity contribution in [3.8, 4) is 11.1 Å². The number of ether oxygens (including phenoxy) is 1. The molecule has 0 spiro atoms. The number of pyridine rings is 1. The molecule has 0 unspecified atom stereocenters. The van der Waals surface area contributed by atoms with Crippen LogP contribution in [0.5, 0.6) is 0 Å². The number of rotatable bonds is 2. The number of hydrogen-bond donors (Lipinski definition) is 1. The van der Waals surface area contributed by atoms with E-state index in [9.17, 15) is 14.4 Å². The fourth-order valence-electron chi connectivity index (χ4n) is 1.79. The van der Waals surface area contributed by atoms with E-state index < -0.39 is 5.97 Å². The molecule has 2 heterocycles. The molecule has 0 atom stereocenters. The lowest BCUT2D eigenvalue weighted by molar-refractivity contribution is 0.0600. The lowest BCUT2D eigenvalue weighted by atomic mass is 10.1. The maximum Gasteiger partial charge on any atom is 0.339 e. The Bertz CT molecular complexity index is 751. The van der Waals surface area contributed by atoms with Gasteiger partial charge in [0.2, 0.25) is 0 Å². The Morgan fingerprint density at radius 1 is 1.21 bits per heavy atom. The fourth-order valence-corrected chi connectivity index (χ4v) is 1.79. The highest BCUT2D eigenvalue weighted by Crippen LogP contribution is 2.12. The number of H-pyrrole nitrogens is 1. The lowest BCUT2D eigenvalue weighted by Crippen LogP contribution is -2.23. The van der Waals surface area contributed by atoms with Gasteiger partial charge in [0.05, 0.1) is 23.8 Å². The summed E-state index contributed by atoms with van der Waals surface area (Å²) >= 11 is 0. The second-order valence-electron chi connectivity index (χ2n) is 4.10. The molecule has 7 heteroatoms. The SMILES string of the molecule is COC(=O)c1cc(-c2c[nH]n(C)c2=O)c(=O)n(C)c1. The first-order chi connectivity index (χ1) is 8.95. The number of nitrogens with one attached hydrogen (secondary N) is 1. The normalized spacial score (nSPS) is 10.5. The maximum absolute atomic E-state index is 12.0. The molecule has 0 aliphatic rings. The summed E-state index contributed by atoms with van der Waals surface area (Å²) < 4.78 is 7.11. The molecule has 0 aromatic carbocycles. The van der Waals surface area contributed by atoms with Gasteiger partial charge in [-0.25, -0.2) is 4.79 Å². The monoisotopic (exact) mass is 263 g/mol. The number of methoxy groups -OCH3 is 1. The summed E-state index contributed by atoms with van der Waals surface area (Å²) in [4.78, 5) is 35.4. The minimum absolute atomic E-state index is 0.159. The van der Waals surface area contributed by atoms with Crippen LogP contribution in [0, 0.1) is 0 Å². The molecule has 0 aliphatic carbocycles. The quantitative estimate of drug-likeness (QED) is 0.764. The zero-order valence-electron chi connectivity index (χ0n) is 10.8. The second-order valence-corrected chi connectivity index (χ2v) is 4.10. The van der Waals surface area contributed by atoms with Crippen molar-refractivity contribution >= 4 is 5.97 Å². The van der Waals surface area contributed by atoms with Crippen LogP contribution in [0.2, 0.25) is 0 Å². The van der Waals surface area contributed by atoms with E-state index in [2.05, 4.69) is 9.84 Å². The largest absolute Gasteiger partial charge is 0.465 e. The third-order valence-electron chi connectivity index (χ3n) is 2.83. The van der Waals surface area contributed by atoms with Crippen LogP contribution >= 0.6 is 0 Å². The van der Waals surface area contributed by atoms with Gasteiger partial charge < -0.3 is 14.4 Å². The number of aryl methyl sites for hydroxylation is 2. The molecule has 0 saturated heterocycles. The van der Waals surface area contributed by atoms with Crippen molar-refractivity contribution in [2.24, 2.45) is 14.1 Å². The Kier molecular flexibility index (Phi) is 3.12. The van der Waals surface area contributed by atoms with Crippen molar-refractivity contribution in [3.63, 3.8) is 0 Å². The third-order valence-corrected chi connectivity index (χ3v) is 2.83. The van der Waals surface area contributed by atoms with Crippen molar-refractivity contribution in [2.45, 2.75) is 0 Å². The highest BCUT2D eigenvalue weighted by molar-refractivity contribution is 5.90. The summed E-state index contributed by atoms with van der Waals surface area (Å²) in [5.41, 5.74) is -0.104. The van der Waals surface area contributed by atoms with Crippen molar-refractivity contribution < 1.29 is 9.53 Å². The van der Waals surface area contributed by atoms with Crippen LogP contribution in [0.25, 0.3) is 11.1 Å². The molecular formula is C12H13N3O4. The van der Waals surface area contributed by atoms with Crippen molar-refractivity contribution in [3.05, 3.63) is 44.7 Å². The van der Waals surface area contributed by atoms with E-state index in [1.54, 1.807) is 7.05 Å². The van der Waals surface area contributed by atoms with E-state index in [4.69, 9.17) is 0 Å². The summed E-state index contributed by atoms with van der Waals surface area (Å²) in [7, 11) is 4.30. The molecule has 2 aromatic rings. The first kappa shape index (κ1) is 12.9. The highest BCUT2D eigenvalue weighted by atomic mass is 16.5. The van der Waals surface area contributed by atoms with Gasteiger partial charge in [-0.15, -0.1) is 0 Å². The molecule has 2 aromatic heterocycles. The minimum Gasteiger partial charge on any atom is -0.465 e. The number of carbonyl (C=O) groups is 1. The van der Waals surface area contributed by atoms with Crippen molar-refractivity contribution in [2.75, 3.05) is 7.11 Å². The smallest absolute Gasteiger partial charge is 0.339 e. The number of aromatic amines is 1. The Morgan fingerprint density at radius 2 is 1.89 bits per heavy atom. The first-order valence-corrected chi connectivity index (χ1v) is 5.49. The molecule has 0 saturated carbocycles. The Hall–Kier alpha value is -2.57. The molecule has 19 heavy (non-hydrogen) atoms. The Balaban J connectivity index is 2.73. The number of esters is 1. The van der Waals surface area contributed by atoms with Crippen LogP contribution < -0.4 is 11.1 Å². The number of carbonyl (C=O) groups excluding carboxylic acids is 1. The van der Waals surface area contributed by atoms with Crippen LogP contribution in [0.1, 0.15) is 10.4 Å². The van der Waals surface area contributed by atoms with E-state index >= 15 is 0 Å². The third kappa shape index (κ3) is 2.10. The van der Waals surface area contributed by atoms with Crippen LogP contribution in [-0.4, -0.2) is 27.4 Å². The molecule has 0 amide bonds. The van der Waals surface area contributed by atoms with E-state index in [0.29, 0.717) is 0 Å². The van der Waals surface area contributed by atoms with Crippen LogP contribution in [0.15, 0.2) is 28.0 Å². The van der Waals surface area contributed by atoms with Gasteiger partial charge in [-0.05, 0) is 6.07 Å². The van der Waals surface area contributed by atoms with Gasteiger partial charge in [-0.2, -0.15) is 0 Å². The van der Waals surface area contributed by atoms with Gasteiger partial charge in [0.15, 0.2) is 0 Å². The van der Waals surface area contributed by atoms with Gasteiger partial charge >= 0.3 is 5.97 Å². The standard InChI is InChI=1S/C12H13N3O4/c1-14-6-7(12(18)19-3)4-8(10(14)16)9-5-13-15(2)11(9)17/h4-6,13H,1-3H3. The summed E-state index contributed by atoms with van der Waals surface area (Å²) in [6.45, 7) is 0. The highest BCUT2D eigenvalue weighted by Gasteiger charge is 2.16.